The SMILES string of the molecule is CCc1sc(C(=O)OCc2nc(N)nc(N(C)C)n2)cc1C. The smallest absolute Gasteiger partial charge is 0.348 e. The van der Waals surface area contributed by atoms with Gasteiger partial charge in [-0.05, 0) is 25.0 Å². The molecule has 2 heterocycles. The predicted molar refractivity (Wildman–Crippen MR) is 86.1 cm³/mol. The van der Waals surface area contributed by atoms with E-state index in [1.54, 1.807) is 19.0 Å². The standard InChI is InChI=1S/C14H19N5O2S/c1-5-9-8(2)6-10(22-9)12(20)21-7-11-16-13(15)18-14(17-11)19(3)4/h6H,5,7H2,1-4H3,(H2,15,16,17,18). The predicted octanol–water partition coefficient (Wildman–Crippen LogP) is 1.81. The summed E-state index contributed by atoms with van der Waals surface area (Å²) in [5.41, 5.74) is 6.74. The second-order valence-corrected chi connectivity index (χ2v) is 6.09. The van der Waals surface area contributed by atoms with Crippen LogP contribution in [0.25, 0.3) is 0 Å². The minimum Gasteiger partial charge on any atom is -0.453 e. The molecule has 0 fully saturated rings. The summed E-state index contributed by atoms with van der Waals surface area (Å²) < 4.78 is 5.26. The molecule has 0 saturated carbocycles. The summed E-state index contributed by atoms with van der Waals surface area (Å²) in [6, 6.07) is 1.85. The number of carbonyl (C=O) groups excluding carboxylic acids is 1. The largest absolute Gasteiger partial charge is 0.453 e. The lowest BCUT2D eigenvalue weighted by atomic mass is 10.2. The molecule has 2 rings (SSSR count). The van der Waals surface area contributed by atoms with Crippen LogP contribution in [0.3, 0.4) is 0 Å². The number of rotatable bonds is 5. The van der Waals surface area contributed by atoms with Gasteiger partial charge in [0, 0.05) is 19.0 Å². The summed E-state index contributed by atoms with van der Waals surface area (Å²) >= 11 is 1.45. The number of ether oxygens (including phenoxy) is 1. The molecule has 0 aliphatic rings. The molecule has 0 aliphatic heterocycles. The summed E-state index contributed by atoms with van der Waals surface area (Å²) in [5.74, 6) is 0.482. The number of hydrogen-bond acceptors (Lipinski definition) is 8. The maximum atomic E-state index is 12.1. The highest BCUT2D eigenvalue weighted by Gasteiger charge is 2.14. The number of aryl methyl sites for hydroxylation is 2. The van der Waals surface area contributed by atoms with Crippen molar-refractivity contribution in [3.05, 3.63) is 27.2 Å². The third kappa shape index (κ3) is 3.70. The highest BCUT2D eigenvalue weighted by atomic mass is 32.1. The van der Waals surface area contributed by atoms with Crippen LogP contribution >= 0.6 is 11.3 Å². The summed E-state index contributed by atoms with van der Waals surface area (Å²) in [5, 5.41) is 0. The summed E-state index contributed by atoms with van der Waals surface area (Å²) in [6.07, 6.45) is 0.903. The average Bonchev–Trinajstić information content (AvgIpc) is 2.85. The molecule has 0 radical (unpaired) electrons. The lowest BCUT2D eigenvalue weighted by Crippen LogP contribution is -2.17. The van der Waals surface area contributed by atoms with Crippen LogP contribution in [0.4, 0.5) is 11.9 Å². The van der Waals surface area contributed by atoms with E-state index in [1.165, 1.54) is 16.2 Å². The molecule has 0 amide bonds. The number of nitrogens with zero attached hydrogens (tertiary/aromatic N) is 4. The summed E-state index contributed by atoms with van der Waals surface area (Å²) in [6.45, 7) is 4.01. The Kier molecular flexibility index (Phi) is 4.92. The Labute approximate surface area is 133 Å². The molecule has 0 spiro atoms. The molecule has 0 bridgehead atoms. The van der Waals surface area contributed by atoms with E-state index in [0.717, 1.165) is 12.0 Å². The lowest BCUT2D eigenvalue weighted by molar-refractivity contribution is 0.0468. The zero-order chi connectivity index (χ0) is 16.3. The van der Waals surface area contributed by atoms with E-state index in [0.29, 0.717) is 16.6 Å². The fourth-order valence-electron chi connectivity index (χ4n) is 1.86. The van der Waals surface area contributed by atoms with Crippen molar-refractivity contribution in [2.45, 2.75) is 26.9 Å². The van der Waals surface area contributed by atoms with Crippen molar-refractivity contribution in [3.8, 4) is 0 Å². The molecule has 7 nitrogen and oxygen atoms in total. The van der Waals surface area contributed by atoms with Gasteiger partial charge in [-0.2, -0.15) is 15.0 Å². The van der Waals surface area contributed by atoms with Gasteiger partial charge in [0.1, 0.15) is 4.88 Å². The van der Waals surface area contributed by atoms with Gasteiger partial charge in [-0.15, -0.1) is 11.3 Å². The van der Waals surface area contributed by atoms with E-state index in [4.69, 9.17) is 10.5 Å². The second kappa shape index (κ2) is 6.69. The van der Waals surface area contributed by atoms with Gasteiger partial charge in [0.05, 0.1) is 0 Å². The first-order valence-electron chi connectivity index (χ1n) is 6.85. The molecule has 0 saturated heterocycles. The van der Waals surface area contributed by atoms with Crippen molar-refractivity contribution < 1.29 is 9.53 Å². The fraction of sp³-hybridized carbons (Fsp3) is 0.429. The van der Waals surface area contributed by atoms with Crippen LogP contribution in [-0.4, -0.2) is 35.0 Å². The molecular weight excluding hydrogens is 302 g/mol. The van der Waals surface area contributed by atoms with Crippen molar-refractivity contribution in [1.82, 2.24) is 15.0 Å². The Morgan fingerprint density at radius 1 is 1.36 bits per heavy atom. The Bertz CT molecular complexity index is 684. The van der Waals surface area contributed by atoms with Gasteiger partial charge in [0.15, 0.2) is 12.4 Å². The second-order valence-electron chi connectivity index (χ2n) is 4.95. The monoisotopic (exact) mass is 321 g/mol. The number of aromatic nitrogens is 3. The minimum atomic E-state index is -0.377. The first kappa shape index (κ1) is 16.2. The van der Waals surface area contributed by atoms with Crippen LogP contribution in [0.2, 0.25) is 0 Å². The molecule has 2 N–H and O–H groups in total. The Morgan fingerprint density at radius 3 is 2.68 bits per heavy atom. The Balaban J connectivity index is 2.07. The molecule has 0 aromatic carbocycles. The van der Waals surface area contributed by atoms with Crippen LogP contribution in [0.1, 0.15) is 32.9 Å². The highest BCUT2D eigenvalue weighted by Crippen LogP contribution is 2.23. The first-order valence-corrected chi connectivity index (χ1v) is 7.66. The number of esters is 1. The topological polar surface area (TPSA) is 94.2 Å². The first-order chi connectivity index (χ1) is 10.4. The number of nitrogens with two attached hydrogens (primary N) is 1. The zero-order valence-electron chi connectivity index (χ0n) is 13.1. The molecule has 2 aromatic rings. The molecular formula is C14H19N5O2S. The number of anilines is 2. The quantitative estimate of drug-likeness (QED) is 0.839. The van der Waals surface area contributed by atoms with Crippen molar-refractivity contribution in [2.75, 3.05) is 24.7 Å². The highest BCUT2D eigenvalue weighted by molar-refractivity contribution is 7.14. The average molecular weight is 321 g/mol. The van der Waals surface area contributed by atoms with Gasteiger partial charge in [0.2, 0.25) is 11.9 Å². The fourth-order valence-corrected chi connectivity index (χ4v) is 2.87. The van der Waals surface area contributed by atoms with Crippen LogP contribution < -0.4 is 10.6 Å². The maximum absolute atomic E-state index is 12.1. The van der Waals surface area contributed by atoms with Crippen molar-refractivity contribution in [1.29, 1.82) is 0 Å². The molecule has 22 heavy (non-hydrogen) atoms. The van der Waals surface area contributed by atoms with Crippen LogP contribution in [0.15, 0.2) is 6.07 Å². The molecule has 8 heteroatoms. The molecule has 0 atom stereocenters. The summed E-state index contributed by atoms with van der Waals surface area (Å²) in [4.78, 5) is 27.7. The Morgan fingerprint density at radius 2 is 2.09 bits per heavy atom. The molecule has 2 aromatic heterocycles. The van der Waals surface area contributed by atoms with Gasteiger partial charge in [-0.25, -0.2) is 4.79 Å². The number of thiophene rings is 1. The van der Waals surface area contributed by atoms with E-state index in [9.17, 15) is 4.79 Å². The van der Waals surface area contributed by atoms with Crippen LogP contribution in [-0.2, 0) is 17.8 Å². The van der Waals surface area contributed by atoms with E-state index >= 15 is 0 Å². The van der Waals surface area contributed by atoms with Gasteiger partial charge in [0.25, 0.3) is 0 Å². The van der Waals surface area contributed by atoms with Gasteiger partial charge in [-0.1, -0.05) is 6.92 Å². The molecule has 118 valence electrons. The van der Waals surface area contributed by atoms with E-state index < -0.39 is 0 Å². The summed E-state index contributed by atoms with van der Waals surface area (Å²) in [7, 11) is 3.59. The maximum Gasteiger partial charge on any atom is 0.348 e. The van der Waals surface area contributed by atoms with Gasteiger partial charge >= 0.3 is 5.97 Å². The number of hydrogen-bond donors (Lipinski definition) is 1. The van der Waals surface area contributed by atoms with Crippen LogP contribution in [0, 0.1) is 6.92 Å². The van der Waals surface area contributed by atoms with E-state index in [2.05, 4.69) is 21.9 Å². The number of nitrogen functional groups attached to an aromatic ring is 1. The third-order valence-electron chi connectivity index (χ3n) is 2.96. The minimum absolute atomic E-state index is 0.0369. The van der Waals surface area contributed by atoms with Crippen molar-refractivity contribution >= 4 is 29.2 Å². The Hall–Kier alpha value is -2.22. The van der Waals surface area contributed by atoms with E-state index in [-0.39, 0.29) is 18.5 Å². The van der Waals surface area contributed by atoms with Gasteiger partial charge in [-0.3, -0.25) is 0 Å². The van der Waals surface area contributed by atoms with Gasteiger partial charge < -0.3 is 15.4 Å². The molecule has 0 unspecified atom stereocenters. The third-order valence-corrected chi connectivity index (χ3v) is 4.32. The van der Waals surface area contributed by atoms with Crippen LogP contribution in [0.5, 0.6) is 0 Å². The van der Waals surface area contributed by atoms with E-state index in [1.807, 2.05) is 13.0 Å². The molecule has 0 aliphatic carbocycles. The van der Waals surface area contributed by atoms with Crippen molar-refractivity contribution in [3.63, 3.8) is 0 Å². The zero-order valence-corrected chi connectivity index (χ0v) is 13.9. The van der Waals surface area contributed by atoms with Crippen molar-refractivity contribution in [2.24, 2.45) is 0 Å². The number of carbonyl (C=O) groups is 1. The normalized spacial score (nSPS) is 10.5. The lowest BCUT2D eigenvalue weighted by Gasteiger charge is -2.11.